The summed E-state index contributed by atoms with van der Waals surface area (Å²) in [4.78, 5) is 24.5. The van der Waals surface area contributed by atoms with E-state index in [1.807, 2.05) is 0 Å². The van der Waals surface area contributed by atoms with Crippen LogP contribution in [0, 0.1) is 0 Å². The molecule has 3 N–H and O–H groups in total. The molecule has 0 fully saturated rings. The molecule has 2 atom stereocenters. The highest BCUT2D eigenvalue weighted by Crippen LogP contribution is 2.18. The molecule has 6 heteroatoms. The topological polar surface area (TPSA) is 95.9 Å². The van der Waals surface area contributed by atoms with Gasteiger partial charge in [0, 0.05) is 12.8 Å². The van der Waals surface area contributed by atoms with Crippen molar-refractivity contribution in [3.05, 3.63) is 24.3 Å². The van der Waals surface area contributed by atoms with Gasteiger partial charge >= 0.3 is 5.97 Å². The average Bonchev–Trinajstić information content (AvgIpc) is 3.37. The summed E-state index contributed by atoms with van der Waals surface area (Å²) < 4.78 is 5.45. The third-order valence-electron chi connectivity index (χ3n) is 15.0. The van der Waals surface area contributed by atoms with Crippen molar-refractivity contribution in [2.24, 2.45) is 0 Å². The predicted octanol–water partition coefficient (Wildman–Crippen LogP) is 20.2. The van der Waals surface area contributed by atoms with E-state index in [4.69, 9.17) is 4.74 Å². The van der Waals surface area contributed by atoms with Crippen molar-refractivity contribution in [3.63, 3.8) is 0 Å². The maximum Gasteiger partial charge on any atom is 0.305 e. The van der Waals surface area contributed by atoms with E-state index in [1.54, 1.807) is 0 Å². The number of hydrogen-bond acceptors (Lipinski definition) is 5. The molecular weight excluding hydrogens is 875 g/mol. The summed E-state index contributed by atoms with van der Waals surface area (Å²) in [6.07, 6.45) is 74.8. The highest BCUT2D eigenvalue weighted by molar-refractivity contribution is 5.76. The lowest BCUT2D eigenvalue weighted by Gasteiger charge is -2.22. The number of ether oxygens (including phenoxy) is 1. The van der Waals surface area contributed by atoms with Crippen LogP contribution in [0.15, 0.2) is 24.3 Å². The highest BCUT2D eigenvalue weighted by atomic mass is 16.5. The van der Waals surface area contributed by atoms with Gasteiger partial charge in [-0.1, -0.05) is 301 Å². The van der Waals surface area contributed by atoms with Crippen molar-refractivity contribution in [2.75, 3.05) is 13.2 Å². The molecular formula is C65H125NO5. The van der Waals surface area contributed by atoms with Crippen LogP contribution in [0.4, 0.5) is 0 Å². The van der Waals surface area contributed by atoms with Gasteiger partial charge in [-0.3, -0.25) is 9.59 Å². The van der Waals surface area contributed by atoms with Crippen LogP contribution in [0.25, 0.3) is 0 Å². The summed E-state index contributed by atoms with van der Waals surface area (Å²) in [7, 11) is 0. The molecule has 0 aliphatic heterocycles. The summed E-state index contributed by atoms with van der Waals surface area (Å²) in [5.74, 6) is -0.0610. The molecule has 0 saturated carbocycles. The fourth-order valence-electron chi connectivity index (χ4n) is 10.1. The summed E-state index contributed by atoms with van der Waals surface area (Å²) in [5, 5.41) is 23.4. The third-order valence-corrected chi connectivity index (χ3v) is 15.0. The lowest BCUT2D eigenvalue weighted by Crippen LogP contribution is -2.45. The van der Waals surface area contributed by atoms with Gasteiger partial charge in [-0.2, -0.15) is 0 Å². The zero-order valence-corrected chi connectivity index (χ0v) is 48.0. The second-order valence-corrected chi connectivity index (χ2v) is 22.1. The van der Waals surface area contributed by atoms with E-state index in [9.17, 15) is 19.8 Å². The molecule has 71 heavy (non-hydrogen) atoms. The number of hydrogen-bond donors (Lipinski definition) is 3. The summed E-state index contributed by atoms with van der Waals surface area (Å²) in [6.45, 7) is 4.93. The third kappa shape index (κ3) is 57.5. The lowest BCUT2D eigenvalue weighted by atomic mass is 10.0. The normalized spacial score (nSPS) is 12.7. The molecule has 0 aromatic rings. The molecule has 0 bridgehead atoms. The van der Waals surface area contributed by atoms with Crippen LogP contribution in [0.5, 0.6) is 0 Å². The Labute approximate surface area is 443 Å². The number of carbonyl (C=O) groups is 2. The number of carbonyl (C=O) groups excluding carboxylic acids is 2. The minimum atomic E-state index is -0.676. The maximum atomic E-state index is 12.5. The van der Waals surface area contributed by atoms with Gasteiger partial charge in [0.15, 0.2) is 0 Å². The first-order chi connectivity index (χ1) is 35.0. The summed E-state index contributed by atoms with van der Waals surface area (Å²) in [5.41, 5.74) is 0. The van der Waals surface area contributed by atoms with E-state index in [-0.39, 0.29) is 18.5 Å². The molecule has 420 valence electrons. The van der Waals surface area contributed by atoms with Gasteiger partial charge in [0.2, 0.25) is 5.91 Å². The molecule has 0 heterocycles. The Morgan fingerprint density at radius 2 is 0.704 bits per heavy atom. The zero-order chi connectivity index (χ0) is 51.4. The fraction of sp³-hybridized carbons (Fsp3) is 0.908. The molecule has 0 aliphatic carbocycles. The van der Waals surface area contributed by atoms with E-state index in [0.29, 0.717) is 25.9 Å². The number of rotatable bonds is 60. The SMILES string of the molecule is CCCCCCCCCCCCCCCCCCCCCCCCCCCC(O)C(CO)NC(=O)CCCCCCCCC/C=C\C/C=C\CCCCCOC(=O)CCCCCCCCCCCCCC. The quantitative estimate of drug-likeness (QED) is 0.0320. The van der Waals surface area contributed by atoms with Crippen molar-refractivity contribution in [2.45, 2.75) is 366 Å². The van der Waals surface area contributed by atoms with E-state index >= 15 is 0 Å². The molecule has 1 amide bonds. The zero-order valence-electron chi connectivity index (χ0n) is 48.0. The number of unbranched alkanes of at least 4 members (excludes halogenated alkanes) is 45. The maximum absolute atomic E-state index is 12.5. The Balaban J connectivity index is 3.48. The number of amides is 1. The highest BCUT2D eigenvalue weighted by Gasteiger charge is 2.20. The summed E-state index contributed by atoms with van der Waals surface area (Å²) in [6, 6.07) is -0.555. The van der Waals surface area contributed by atoms with E-state index in [1.165, 1.54) is 238 Å². The van der Waals surface area contributed by atoms with Crippen molar-refractivity contribution in [1.82, 2.24) is 5.32 Å². The van der Waals surface area contributed by atoms with Gasteiger partial charge in [0.25, 0.3) is 0 Å². The van der Waals surface area contributed by atoms with Crippen LogP contribution >= 0.6 is 0 Å². The average molecular weight is 1000 g/mol. The Hall–Kier alpha value is -1.66. The number of aliphatic hydroxyl groups excluding tert-OH is 2. The molecule has 2 unspecified atom stereocenters. The van der Waals surface area contributed by atoms with E-state index < -0.39 is 12.1 Å². The molecule has 0 radical (unpaired) electrons. The number of aliphatic hydroxyl groups is 2. The number of nitrogens with one attached hydrogen (secondary N) is 1. The monoisotopic (exact) mass is 1000 g/mol. The number of esters is 1. The standard InChI is InChI=1S/C65H125NO5/c1-3-5-7-9-11-13-15-17-18-19-20-21-22-23-24-25-26-28-31-34-37-41-45-49-53-57-63(68)62(61-67)66-64(69)58-54-50-46-42-38-35-32-29-27-30-33-36-40-44-48-52-56-60-71-65(70)59-55-51-47-43-39-16-14-12-10-8-6-4-2/h27,30,36,40,62-63,67-68H,3-26,28-29,31-35,37-39,41-61H2,1-2H3,(H,66,69)/b30-27-,40-36-. The van der Waals surface area contributed by atoms with Crippen LogP contribution in [0.2, 0.25) is 0 Å². The van der Waals surface area contributed by atoms with Crippen molar-refractivity contribution in [3.8, 4) is 0 Å². The van der Waals surface area contributed by atoms with Crippen molar-refractivity contribution >= 4 is 11.9 Å². The van der Waals surface area contributed by atoms with E-state index in [0.717, 1.165) is 83.5 Å². The van der Waals surface area contributed by atoms with Crippen LogP contribution in [-0.4, -0.2) is 47.4 Å². The summed E-state index contributed by atoms with van der Waals surface area (Å²) >= 11 is 0. The smallest absolute Gasteiger partial charge is 0.305 e. The van der Waals surface area contributed by atoms with Crippen LogP contribution < -0.4 is 5.32 Å². The predicted molar refractivity (Wildman–Crippen MR) is 310 cm³/mol. The first-order valence-corrected chi connectivity index (χ1v) is 32.1. The molecule has 0 saturated heterocycles. The Morgan fingerprint density at radius 3 is 1.07 bits per heavy atom. The van der Waals surface area contributed by atoms with Crippen LogP contribution in [-0.2, 0) is 14.3 Å². The minimum absolute atomic E-state index is 0.0139. The van der Waals surface area contributed by atoms with Crippen molar-refractivity contribution < 1.29 is 24.5 Å². The van der Waals surface area contributed by atoms with Gasteiger partial charge in [-0.15, -0.1) is 0 Å². The molecule has 0 spiro atoms. The molecule has 6 nitrogen and oxygen atoms in total. The fourth-order valence-corrected chi connectivity index (χ4v) is 10.1. The Morgan fingerprint density at radius 1 is 0.394 bits per heavy atom. The first-order valence-electron chi connectivity index (χ1n) is 32.1. The molecule has 0 aromatic carbocycles. The van der Waals surface area contributed by atoms with Gasteiger partial charge < -0.3 is 20.3 Å². The van der Waals surface area contributed by atoms with Gasteiger partial charge in [-0.25, -0.2) is 0 Å². The molecule has 0 aromatic heterocycles. The second kappa shape index (κ2) is 60.9. The minimum Gasteiger partial charge on any atom is -0.466 e. The van der Waals surface area contributed by atoms with Gasteiger partial charge in [0.1, 0.15) is 0 Å². The largest absolute Gasteiger partial charge is 0.466 e. The van der Waals surface area contributed by atoms with Crippen molar-refractivity contribution in [1.29, 1.82) is 0 Å². The number of allylic oxidation sites excluding steroid dienone is 4. The Kier molecular flexibility index (Phi) is 59.5. The second-order valence-electron chi connectivity index (χ2n) is 22.1. The van der Waals surface area contributed by atoms with Gasteiger partial charge in [-0.05, 0) is 64.2 Å². The lowest BCUT2D eigenvalue weighted by molar-refractivity contribution is -0.143. The van der Waals surface area contributed by atoms with Crippen LogP contribution in [0.3, 0.4) is 0 Å². The Bertz CT molecular complexity index is 1110. The van der Waals surface area contributed by atoms with E-state index in [2.05, 4.69) is 43.5 Å². The molecule has 0 aliphatic rings. The molecule has 0 rings (SSSR count). The van der Waals surface area contributed by atoms with Crippen LogP contribution in [0.1, 0.15) is 354 Å². The van der Waals surface area contributed by atoms with Gasteiger partial charge in [0.05, 0.1) is 25.4 Å². The first kappa shape index (κ1) is 69.3.